The summed E-state index contributed by atoms with van der Waals surface area (Å²) in [5.41, 5.74) is 6.35. The molecule has 8 heteroatoms. The predicted octanol–water partition coefficient (Wildman–Crippen LogP) is 0.493. The van der Waals surface area contributed by atoms with Crippen molar-refractivity contribution < 1.29 is 8.42 Å². The van der Waals surface area contributed by atoms with Crippen molar-refractivity contribution in [2.75, 3.05) is 13.1 Å². The molecule has 0 unspecified atom stereocenters. The van der Waals surface area contributed by atoms with Crippen molar-refractivity contribution in [1.29, 1.82) is 0 Å². The van der Waals surface area contributed by atoms with Gasteiger partial charge < -0.3 is 10.7 Å². The molecule has 4 N–H and O–H groups in total. The van der Waals surface area contributed by atoms with Gasteiger partial charge in [-0.05, 0) is 25.1 Å². The fraction of sp³-hybridized carbons (Fsp3) is 0.364. The Hall–Kier alpha value is -1.22. The zero-order chi connectivity index (χ0) is 13.7. The molecule has 0 saturated heterocycles. The lowest BCUT2D eigenvalue weighted by Gasteiger charge is -2.03. The van der Waals surface area contributed by atoms with E-state index < -0.39 is 10.0 Å². The maximum atomic E-state index is 12.0. The molecule has 0 spiro atoms. The number of nitrogens with one attached hydrogen (secondary N) is 2. The smallest absolute Gasteiger partial charge is 0.250 e. The Labute approximate surface area is 116 Å². The Bertz CT molecular complexity index is 604. The summed E-state index contributed by atoms with van der Waals surface area (Å²) in [5.74, 6) is 0. The van der Waals surface area contributed by atoms with Crippen molar-refractivity contribution in [3.05, 3.63) is 35.2 Å². The fourth-order valence-electron chi connectivity index (χ4n) is 1.59. The SMILES string of the molecule is NCCc1ccc(S(=O)(=O)NCCc2cnc[nH]2)s1. The van der Waals surface area contributed by atoms with Gasteiger partial charge in [0.05, 0.1) is 6.33 Å². The Morgan fingerprint density at radius 3 is 2.89 bits per heavy atom. The second-order valence-corrected chi connectivity index (χ2v) is 7.15. The lowest BCUT2D eigenvalue weighted by molar-refractivity contribution is 0.583. The zero-order valence-electron chi connectivity index (χ0n) is 10.3. The Morgan fingerprint density at radius 1 is 1.37 bits per heavy atom. The molecule has 0 aliphatic carbocycles. The van der Waals surface area contributed by atoms with Crippen molar-refractivity contribution in [2.45, 2.75) is 17.1 Å². The van der Waals surface area contributed by atoms with E-state index in [1.165, 1.54) is 11.3 Å². The van der Waals surface area contributed by atoms with Gasteiger partial charge in [0, 0.05) is 29.7 Å². The molecular formula is C11H16N4O2S2. The molecule has 0 aliphatic rings. The number of aromatic amines is 1. The van der Waals surface area contributed by atoms with Crippen molar-refractivity contribution in [2.24, 2.45) is 5.73 Å². The first-order valence-electron chi connectivity index (χ1n) is 5.87. The highest BCUT2D eigenvalue weighted by atomic mass is 32.2. The van der Waals surface area contributed by atoms with E-state index in [2.05, 4.69) is 14.7 Å². The molecule has 2 aromatic heterocycles. The van der Waals surface area contributed by atoms with Crippen LogP contribution in [0.4, 0.5) is 0 Å². The lowest BCUT2D eigenvalue weighted by atomic mass is 10.3. The molecule has 0 atom stereocenters. The molecule has 0 aromatic carbocycles. The number of H-pyrrole nitrogens is 1. The maximum absolute atomic E-state index is 12.0. The highest BCUT2D eigenvalue weighted by Crippen LogP contribution is 2.21. The highest BCUT2D eigenvalue weighted by Gasteiger charge is 2.16. The van der Waals surface area contributed by atoms with E-state index in [1.807, 2.05) is 0 Å². The average Bonchev–Trinajstić information content (AvgIpc) is 3.00. The molecule has 0 amide bonds. The van der Waals surface area contributed by atoms with Crippen molar-refractivity contribution in [1.82, 2.24) is 14.7 Å². The van der Waals surface area contributed by atoms with E-state index in [0.717, 1.165) is 10.6 Å². The second-order valence-electron chi connectivity index (χ2n) is 3.98. The number of hydrogen-bond acceptors (Lipinski definition) is 5. The molecule has 0 bridgehead atoms. The average molecular weight is 300 g/mol. The van der Waals surface area contributed by atoms with E-state index >= 15 is 0 Å². The van der Waals surface area contributed by atoms with Crippen molar-refractivity contribution >= 4 is 21.4 Å². The number of sulfonamides is 1. The summed E-state index contributed by atoms with van der Waals surface area (Å²) < 4.78 is 26.9. The Morgan fingerprint density at radius 2 is 2.21 bits per heavy atom. The van der Waals surface area contributed by atoms with Gasteiger partial charge in [-0.2, -0.15) is 0 Å². The summed E-state index contributed by atoms with van der Waals surface area (Å²) in [4.78, 5) is 7.79. The topological polar surface area (TPSA) is 101 Å². The van der Waals surface area contributed by atoms with Crippen LogP contribution < -0.4 is 10.5 Å². The molecule has 2 aromatic rings. The molecular weight excluding hydrogens is 284 g/mol. The van der Waals surface area contributed by atoms with Crippen LogP contribution in [0.1, 0.15) is 10.6 Å². The van der Waals surface area contributed by atoms with Gasteiger partial charge in [-0.3, -0.25) is 0 Å². The van der Waals surface area contributed by atoms with Gasteiger partial charge in [0.2, 0.25) is 10.0 Å². The summed E-state index contributed by atoms with van der Waals surface area (Å²) >= 11 is 1.26. The molecule has 2 heterocycles. The molecule has 0 radical (unpaired) electrons. The third-order valence-corrected chi connectivity index (χ3v) is 5.63. The minimum Gasteiger partial charge on any atom is -0.348 e. The van der Waals surface area contributed by atoms with Crippen LogP contribution in [0.25, 0.3) is 0 Å². The maximum Gasteiger partial charge on any atom is 0.250 e. The number of thiophene rings is 1. The molecule has 0 fully saturated rings. The van der Waals surface area contributed by atoms with Crippen molar-refractivity contribution in [3.63, 3.8) is 0 Å². The summed E-state index contributed by atoms with van der Waals surface area (Å²) in [6.07, 6.45) is 4.54. The van der Waals surface area contributed by atoms with Crippen LogP contribution in [0.5, 0.6) is 0 Å². The summed E-state index contributed by atoms with van der Waals surface area (Å²) in [6, 6.07) is 3.43. The lowest BCUT2D eigenvalue weighted by Crippen LogP contribution is -2.25. The first-order valence-corrected chi connectivity index (χ1v) is 8.17. The molecule has 6 nitrogen and oxygen atoms in total. The van der Waals surface area contributed by atoms with E-state index in [1.54, 1.807) is 24.7 Å². The normalized spacial score (nSPS) is 11.8. The van der Waals surface area contributed by atoms with Gasteiger partial charge in [0.25, 0.3) is 0 Å². The van der Waals surface area contributed by atoms with Gasteiger partial charge >= 0.3 is 0 Å². The largest absolute Gasteiger partial charge is 0.348 e. The third kappa shape index (κ3) is 3.87. The van der Waals surface area contributed by atoms with Crippen LogP contribution in [0, 0.1) is 0 Å². The van der Waals surface area contributed by atoms with Gasteiger partial charge in [0.15, 0.2) is 0 Å². The molecule has 2 rings (SSSR count). The highest BCUT2D eigenvalue weighted by molar-refractivity contribution is 7.91. The summed E-state index contributed by atoms with van der Waals surface area (Å²) in [7, 11) is -3.42. The second kappa shape index (κ2) is 6.29. The van der Waals surface area contributed by atoms with Crippen LogP contribution in [0.3, 0.4) is 0 Å². The molecule has 0 aliphatic heterocycles. The van der Waals surface area contributed by atoms with Crippen LogP contribution in [-0.4, -0.2) is 31.5 Å². The van der Waals surface area contributed by atoms with E-state index in [9.17, 15) is 8.42 Å². The van der Waals surface area contributed by atoms with E-state index in [0.29, 0.717) is 30.1 Å². The van der Waals surface area contributed by atoms with Gasteiger partial charge in [-0.1, -0.05) is 0 Å². The van der Waals surface area contributed by atoms with Crippen LogP contribution in [0.15, 0.2) is 28.9 Å². The van der Waals surface area contributed by atoms with E-state index in [-0.39, 0.29) is 0 Å². The fourth-order valence-corrected chi connectivity index (χ4v) is 4.04. The van der Waals surface area contributed by atoms with Crippen LogP contribution in [0.2, 0.25) is 0 Å². The summed E-state index contributed by atoms with van der Waals surface area (Å²) in [5, 5.41) is 0. The molecule has 0 saturated carbocycles. The monoisotopic (exact) mass is 300 g/mol. The molecule has 104 valence electrons. The van der Waals surface area contributed by atoms with Gasteiger partial charge in [-0.25, -0.2) is 18.1 Å². The van der Waals surface area contributed by atoms with Gasteiger partial charge in [0.1, 0.15) is 4.21 Å². The first kappa shape index (κ1) is 14.2. The number of hydrogen-bond donors (Lipinski definition) is 3. The number of nitrogens with zero attached hydrogens (tertiary/aromatic N) is 1. The summed E-state index contributed by atoms with van der Waals surface area (Å²) in [6.45, 7) is 0.863. The van der Waals surface area contributed by atoms with Crippen LogP contribution in [-0.2, 0) is 22.9 Å². The predicted molar refractivity (Wildman–Crippen MR) is 74.6 cm³/mol. The minimum absolute atomic E-state index is 0.334. The Balaban J connectivity index is 1.93. The van der Waals surface area contributed by atoms with Crippen molar-refractivity contribution in [3.8, 4) is 0 Å². The number of nitrogens with two attached hydrogens (primary N) is 1. The number of rotatable bonds is 7. The minimum atomic E-state index is -3.42. The zero-order valence-corrected chi connectivity index (χ0v) is 11.9. The number of imidazole rings is 1. The first-order chi connectivity index (χ1) is 9.12. The Kier molecular flexibility index (Phi) is 4.70. The van der Waals surface area contributed by atoms with E-state index in [4.69, 9.17) is 5.73 Å². The number of aromatic nitrogens is 2. The quantitative estimate of drug-likeness (QED) is 0.693. The molecule has 19 heavy (non-hydrogen) atoms. The van der Waals surface area contributed by atoms with Gasteiger partial charge in [-0.15, -0.1) is 11.3 Å². The van der Waals surface area contributed by atoms with Crippen LogP contribution >= 0.6 is 11.3 Å². The third-order valence-electron chi connectivity index (χ3n) is 2.53. The standard InChI is InChI=1S/C11H16N4O2S2/c12-5-3-10-1-2-11(18-10)19(16,17)15-6-4-9-7-13-8-14-9/h1-2,7-8,15H,3-6,12H2,(H,13,14).